The summed E-state index contributed by atoms with van der Waals surface area (Å²) >= 11 is 0. The van der Waals surface area contributed by atoms with Gasteiger partial charge in [-0.3, -0.25) is 9.48 Å². The number of nitrogens with two attached hydrogens (primary N) is 1. The van der Waals surface area contributed by atoms with E-state index in [-0.39, 0.29) is 12.3 Å². The van der Waals surface area contributed by atoms with E-state index in [1.807, 2.05) is 71.5 Å². The first-order chi connectivity index (χ1) is 13.6. The summed E-state index contributed by atoms with van der Waals surface area (Å²) in [7, 11) is 0. The highest BCUT2D eigenvalue weighted by molar-refractivity contribution is 5.78. The monoisotopic (exact) mass is 377 g/mol. The van der Waals surface area contributed by atoms with E-state index in [4.69, 9.17) is 5.73 Å². The first-order valence-corrected chi connectivity index (χ1v) is 9.03. The van der Waals surface area contributed by atoms with Gasteiger partial charge in [0.05, 0.1) is 19.0 Å². The minimum atomic E-state index is -0.661. The molecular formula is C21H23N5O2. The van der Waals surface area contributed by atoms with Gasteiger partial charge < -0.3 is 16.4 Å². The maximum Gasteiger partial charge on any atom is 0.312 e. The zero-order valence-electron chi connectivity index (χ0n) is 15.4. The Morgan fingerprint density at radius 2 is 1.71 bits per heavy atom. The molecule has 0 aliphatic heterocycles. The van der Waals surface area contributed by atoms with Gasteiger partial charge in [0.1, 0.15) is 0 Å². The Morgan fingerprint density at radius 1 is 1.00 bits per heavy atom. The van der Waals surface area contributed by atoms with Crippen LogP contribution in [0.2, 0.25) is 0 Å². The molecule has 144 valence electrons. The molecule has 2 aromatic carbocycles. The van der Waals surface area contributed by atoms with E-state index < -0.39 is 12.1 Å². The Balaban J connectivity index is 1.62. The lowest BCUT2D eigenvalue weighted by molar-refractivity contribution is -0.121. The highest BCUT2D eigenvalue weighted by atomic mass is 16.2. The lowest BCUT2D eigenvalue weighted by atomic mass is 10.0. The van der Waals surface area contributed by atoms with Gasteiger partial charge in [0, 0.05) is 18.9 Å². The van der Waals surface area contributed by atoms with Gasteiger partial charge in [0.15, 0.2) is 0 Å². The maximum atomic E-state index is 12.5. The van der Waals surface area contributed by atoms with Crippen LogP contribution >= 0.6 is 0 Å². The van der Waals surface area contributed by atoms with Crippen molar-refractivity contribution >= 4 is 11.9 Å². The van der Waals surface area contributed by atoms with Gasteiger partial charge in [-0.15, -0.1) is 0 Å². The van der Waals surface area contributed by atoms with Gasteiger partial charge in [-0.2, -0.15) is 5.10 Å². The maximum absolute atomic E-state index is 12.5. The number of amides is 3. The quantitative estimate of drug-likeness (QED) is 0.561. The predicted octanol–water partition coefficient (Wildman–Crippen LogP) is 2.35. The standard InChI is InChI=1S/C21H23N5O2/c22-21(28)25-19(16-7-2-1-3-8-16)13-20(27)23-14-17-9-4-5-10-18(17)15-26-12-6-11-24-26/h1-12,19H,13-15H2,(H,23,27)(H3,22,25,28). The highest BCUT2D eigenvalue weighted by Gasteiger charge is 2.17. The Hall–Kier alpha value is -3.61. The Bertz CT molecular complexity index is 910. The van der Waals surface area contributed by atoms with E-state index in [2.05, 4.69) is 15.7 Å². The summed E-state index contributed by atoms with van der Waals surface area (Å²) < 4.78 is 1.84. The van der Waals surface area contributed by atoms with Gasteiger partial charge in [0.25, 0.3) is 0 Å². The number of urea groups is 1. The van der Waals surface area contributed by atoms with E-state index in [1.165, 1.54) is 0 Å². The fourth-order valence-electron chi connectivity index (χ4n) is 3.01. The fourth-order valence-corrected chi connectivity index (χ4v) is 3.01. The van der Waals surface area contributed by atoms with Gasteiger partial charge >= 0.3 is 6.03 Å². The number of nitrogens with one attached hydrogen (secondary N) is 2. The van der Waals surface area contributed by atoms with Crippen LogP contribution in [0.15, 0.2) is 73.1 Å². The molecule has 0 bridgehead atoms. The molecule has 0 saturated carbocycles. The van der Waals surface area contributed by atoms with Crippen molar-refractivity contribution in [1.82, 2.24) is 20.4 Å². The van der Waals surface area contributed by atoms with E-state index in [1.54, 1.807) is 6.20 Å². The fraction of sp³-hybridized carbons (Fsp3) is 0.190. The minimum Gasteiger partial charge on any atom is -0.352 e. The van der Waals surface area contributed by atoms with Crippen molar-refractivity contribution in [3.05, 3.63) is 89.7 Å². The van der Waals surface area contributed by atoms with Crippen LogP contribution in [0.4, 0.5) is 4.79 Å². The van der Waals surface area contributed by atoms with E-state index in [9.17, 15) is 9.59 Å². The van der Waals surface area contributed by atoms with Crippen LogP contribution in [0.5, 0.6) is 0 Å². The van der Waals surface area contributed by atoms with Crippen molar-refractivity contribution in [3.63, 3.8) is 0 Å². The molecule has 7 heteroatoms. The number of primary amides is 1. The second kappa shape index (κ2) is 9.36. The van der Waals surface area contributed by atoms with Gasteiger partial charge in [-0.25, -0.2) is 4.79 Å². The minimum absolute atomic E-state index is 0.105. The summed E-state index contributed by atoms with van der Waals surface area (Å²) in [4.78, 5) is 23.8. The van der Waals surface area contributed by atoms with Crippen molar-refractivity contribution in [2.75, 3.05) is 0 Å². The summed E-state index contributed by atoms with van der Waals surface area (Å²) in [6.45, 7) is 1.03. The summed E-state index contributed by atoms with van der Waals surface area (Å²) in [5, 5.41) is 9.79. The highest BCUT2D eigenvalue weighted by Crippen LogP contribution is 2.17. The molecule has 3 aromatic rings. The average Bonchev–Trinajstić information content (AvgIpc) is 3.20. The van der Waals surface area contributed by atoms with Crippen LogP contribution < -0.4 is 16.4 Å². The molecule has 1 unspecified atom stereocenters. The van der Waals surface area contributed by atoms with Gasteiger partial charge in [0.2, 0.25) is 5.91 Å². The smallest absolute Gasteiger partial charge is 0.312 e. The predicted molar refractivity (Wildman–Crippen MR) is 106 cm³/mol. The zero-order chi connectivity index (χ0) is 19.8. The number of benzene rings is 2. The molecule has 0 radical (unpaired) electrons. The van der Waals surface area contributed by atoms with Crippen LogP contribution in [0.25, 0.3) is 0 Å². The molecule has 3 rings (SSSR count). The van der Waals surface area contributed by atoms with Crippen LogP contribution in [0, 0.1) is 0 Å². The zero-order valence-corrected chi connectivity index (χ0v) is 15.4. The molecule has 0 aliphatic carbocycles. The molecule has 1 atom stereocenters. The number of aromatic nitrogens is 2. The van der Waals surface area contributed by atoms with E-state index in [0.717, 1.165) is 16.7 Å². The van der Waals surface area contributed by atoms with Crippen LogP contribution in [-0.2, 0) is 17.9 Å². The largest absolute Gasteiger partial charge is 0.352 e. The van der Waals surface area contributed by atoms with E-state index >= 15 is 0 Å². The molecule has 0 spiro atoms. The number of carbonyl (C=O) groups is 2. The second-order valence-corrected chi connectivity index (χ2v) is 6.43. The molecule has 1 heterocycles. The average molecular weight is 377 g/mol. The lowest BCUT2D eigenvalue weighted by Crippen LogP contribution is -2.36. The van der Waals surface area contributed by atoms with Crippen molar-refractivity contribution in [3.8, 4) is 0 Å². The molecule has 1 aromatic heterocycles. The Labute approximate surface area is 163 Å². The molecule has 4 N–H and O–H groups in total. The van der Waals surface area contributed by atoms with Gasteiger partial charge in [-0.05, 0) is 22.8 Å². The van der Waals surface area contributed by atoms with Crippen molar-refractivity contribution in [1.29, 1.82) is 0 Å². The summed E-state index contributed by atoms with van der Waals surface area (Å²) in [5.74, 6) is -0.170. The van der Waals surface area contributed by atoms with Crippen molar-refractivity contribution in [2.45, 2.75) is 25.6 Å². The van der Waals surface area contributed by atoms with Crippen LogP contribution in [-0.4, -0.2) is 21.7 Å². The molecule has 28 heavy (non-hydrogen) atoms. The number of carbonyl (C=O) groups excluding carboxylic acids is 2. The van der Waals surface area contributed by atoms with E-state index in [0.29, 0.717) is 13.1 Å². The summed E-state index contributed by atoms with van der Waals surface area (Å²) in [6.07, 6.45) is 3.74. The SMILES string of the molecule is NC(=O)NC(CC(=O)NCc1ccccc1Cn1cccn1)c1ccccc1. The second-order valence-electron chi connectivity index (χ2n) is 6.43. The van der Waals surface area contributed by atoms with Crippen LogP contribution in [0.1, 0.15) is 29.2 Å². The third-order valence-electron chi connectivity index (χ3n) is 4.39. The number of nitrogens with zero attached hydrogens (tertiary/aromatic N) is 2. The molecule has 0 saturated heterocycles. The summed E-state index contributed by atoms with van der Waals surface area (Å²) in [5.41, 5.74) is 8.20. The first kappa shape index (κ1) is 19.2. The molecule has 0 aliphatic rings. The normalized spacial score (nSPS) is 11.6. The third kappa shape index (κ3) is 5.44. The number of hydrogen-bond acceptors (Lipinski definition) is 3. The lowest BCUT2D eigenvalue weighted by Gasteiger charge is -2.18. The first-order valence-electron chi connectivity index (χ1n) is 9.03. The van der Waals surface area contributed by atoms with Crippen molar-refractivity contribution < 1.29 is 9.59 Å². The topological polar surface area (TPSA) is 102 Å². The number of hydrogen-bond donors (Lipinski definition) is 3. The molecule has 0 fully saturated rings. The molecule has 7 nitrogen and oxygen atoms in total. The Kier molecular flexibility index (Phi) is 6.41. The van der Waals surface area contributed by atoms with Crippen molar-refractivity contribution in [2.24, 2.45) is 5.73 Å². The Morgan fingerprint density at radius 3 is 2.39 bits per heavy atom. The number of rotatable bonds is 8. The van der Waals surface area contributed by atoms with Gasteiger partial charge in [-0.1, -0.05) is 54.6 Å². The molecular weight excluding hydrogens is 354 g/mol. The van der Waals surface area contributed by atoms with Crippen LogP contribution in [0.3, 0.4) is 0 Å². The third-order valence-corrected chi connectivity index (χ3v) is 4.39. The summed E-state index contributed by atoms with van der Waals surface area (Å²) in [6, 6.07) is 17.9. The molecule has 3 amide bonds.